The number of allylic oxidation sites excluding steroid dienone is 1. The van der Waals surface area contributed by atoms with Gasteiger partial charge >= 0.3 is 0 Å². The number of nitrogens with zero attached hydrogens (tertiary/aromatic N) is 2. The van der Waals surface area contributed by atoms with E-state index in [2.05, 4.69) is 22.3 Å². The van der Waals surface area contributed by atoms with Gasteiger partial charge in [-0.1, -0.05) is 35.9 Å². The zero-order valence-electron chi connectivity index (χ0n) is 19.9. The molecule has 0 aliphatic heterocycles. The van der Waals surface area contributed by atoms with Crippen LogP contribution in [0.5, 0.6) is 5.75 Å². The van der Waals surface area contributed by atoms with Crippen LogP contribution in [0.1, 0.15) is 31.9 Å². The lowest BCUT2D eigenvalue weighted by molar-refractivity contribution is 0.209. The number of aliphatic imine (C=N–C) groups is 1. The average molecular weight is 456 g/mol. The van der Waals surface area contributed by atoms with Gasteiger partial charge in [-0.25, -0.2) is 0 Å². The fraction of sp³-hybridized carbons (Fsp3) is 0.346. The Bertz CT molecular complexity index is 959. The van der Waals surface area contributed by atoms with Crippen molar-refractivity contribution in [3.63, 3.8) is 0 Å². The van der Waals surface area contributed by atoms with E-state index in [9.17, 15) is 0 Å². The minimum absolute atomic E-state index is 0.377. The molecule has 0 amide bonds. The monoisotopic (exact) mass is 455 g/mol. The van der Waals surface area contributed by atoms with Crippen LogP contribution in [0.2, 0.25) is 5.02 Å². The molecule has 172 valence electrons. The van der Waals surface area contributed by atoms with Crippen LogP contribution in [0.15, 0.2) is 70.5 Å². The van der Waals surface area contributed by atoms with Gasteiger partial charge in [0.2, 0.25) is 5.90 Å². The van der Waals surface area contributed by atoms with Crippen molar-refractivity contribution in [1.82, 2.24) is 10.2 Å². The highest BCUT2D eigenvalue weighted by Gasteiger charge is 2.08. The number of nitrogens with one attached hydrogen (secondary N) is 1. The third-order valence-corrected chi connectivity index (χ3v) is 4.75. The van der Waals surface area contributed by atoms with E-state index >= 15 is 0 Å². The molecule has 6 heteroatoms. The third kappa shape index (κ3) is 8.77. The number of benzene rings is 2. The predicted octanol–water partition coefficient (Wildman–Crippen LogP) is 5.77. The highest BCUT2D eigenvalue weighted by molar-refractivity contribution is 6.30. The zero-order valence-corrected chi connectivity index (χ0v) is 20.7. The lowest BCUT2D eigenvalue weighted by Gasteiger charge is -2.14. The predicted molar refractivity (Wildman–Crippen MR) is 135 cm³/mol. The minimum Gasteiger partial charge on any atom is -0.490 e. The van der Waals surface area contributed by atoms with Gasteiger partial charge in [-0.15, -0.1) is 0 Å². The van der Waals surface area contributed by atoms with Crippen molar-refractivity contribution in [1.29, 1.82) is 0 Å². The van der Waals surface area contributed by atoms with Crippen molar-refractivity contribution in [3.05, 3.63) is 81.6 Å². The Balaban J connectivity index is 2.09. The van der Waals surface area contributed by atoms with Crippen molar-refractivity contribution < 1.29 is 9.47 Å². The first-order valence-corrected chi connectivity index (χ1v) is 11.0. The fourth-order valence-corrected chi connectivity index (χ4v) is 3.15. The highest BCUT2D eigenvalue weighted by atomic mass is 35.5. The summed E-state index contributed by atoms with van der Waals surface area (Å²) in [6, 6.07) is 15.8. The first-order valence-electron chi connectivity index (χ1n) is 10.7. The van der Waals surface area contributed by atoms with Gasteiger partial charge in [-0.3, -0.25) is 0 Å². The van der Waals surface area contributed by atoms with Gasteiger partial charge in [-0.05, 0) is 81.9 Å². The van der Waals surface area contributed by atoms with Gasteiger partial charge < -0.3 is 19.7 Å². The standard InChI is InChI=1S/C26H34ClN3O2/c1-19(2)25(28-4)29-26(20(3)16-21-10-12-23(27)13-11-21)32-15-14-31-24-9-7-8-22(17-24)18-30(5)6/h7-13,16-17,28H,14-15,18H2,1-6H3/b20-16-,29-26+. The quantitative estimate of drug-likeness (QED) is 0.280. The van der Waals surface area contributed by atoms with E-state index in [-0.39, 0.29) is 0 Å². The summed E-state index contributed by atoms with van der Waals surface area (Å²) in [7, 11) is 5.95. The van der Waals surface area contributed by atoms with Crippen LogP contribution in [0, 0.1) is 0 Å². The Kier molecular flexibility index (Phi) is 10.3. The molecule has 0 spiro atoms. The second kappa shape index (κ2) is 12.9. The number of ether oxygens (including phenoxy) is 2. The molecule has 0 aliphatic rings. The molecule has 0 radical (unpaired) electrons. The molecule has 2 aromatic carbocycles. The van der Waals surface area contributed by atoms with E-state index in [1.54, 1.807) is 0 Å². The van der Waals surface area contributed by atoms with Crippen LogP contribution in [-0.2, 0) is 11.3 Å². The molecule has 0 heterocycles. The zero-order chi connectivity index (χ0) is 23.5. The molecular weight excluding hydrogens is 422 g/mol. The summed E-state index contributed by atoms with van der Waals surface area (Å²) in [6.07, 6.45) is 2.03. The van der Waals surface area contributed by atoms with E-state index in [4.69, 9.17) is 26.1 Å². The lowest BCUT2D eigenvalue weighted by Crippen LogP contribution is -2.16. The van der Waals surface area contributed by atoms with E-state index in [1.165, 1.54) is 5.56 Å². The lowest BCUT2D eigenvalue weighted by atomic mass is 10.1. The van der Waals surface area contributed by atoms with E-state index in [1.807, 2.05) is 84.4 Å². The number of rotatable bonds is 10. The molecule has 32 heavy (non-hydrogen) atoms. The fourth-order valence-electron chi connectivity index (χ4n) is 3.02. The summed E-state index contributed by atoms with van der Waals surface area (Å²) in [6.45, 7) is 7.67. The van der Waals surface area contributed by atoms with Crippen molar-refractivity contribution >= 4 is 23.6 Å². The second-order valence-corrected chi connectivity index (χ2v) is 8.41. The van der Waals surface area contributed by atoms with Gasteiger partial charge in [0.05, 0.1) is 0 Å². The van der Waals surface area contributed by atoms with Gasteiger partial charge in [0.15, 0.2) is 0 Å². The maximum absolute atomic E-state index is 6.05. The van der Waals surface area contributed by atoms with E-state index in [0.29, 0.717) is 24.1 Å². The molecule has 0 unspecified atom stereocenters. The van der Waals surface area contributed by atoms with Gasteiger partial charge in [-0.2, -0.15) is 4.99 Å². The minimum atomic E-state index is 0.377. The highest BCUT2D eigenvalue weighted by Crippen LogP contribution is 2.16. The molecule has 2 rings (SSSR count). The van der Waals surface area contributed by atoms with E-state index in [0.717, 1.165) is 34.8 Å². The number of hydrogen-bond acceptors (Lipinski definition) is 5. The molecule has 0 bridgehead atoms. The summed E-state index contributed by atoms with van der Waals surface area (Å²) in [4.78, 5) is 6.83. The first-order chi connectivity index (χ1) is 15.3. The normalized spacial score (nSPS) is 12.0. The molecule has 1 N–H and O–H groups in total. The largest absolute Gasteiger partial charge is 0.490 e. The molecule has 0 saturated carbocycles. The van der Waals surface area contributed by atoms with Crippen LogP contribution < -0.4 is 10.1 Å². The van der Waals surface area contributed by atoms with Crippen LogP contribution >= 0.6 is 11.6 Å². The van der Waals surface area contributed by atoms with Gasteiger partial charge in [0, 0.05) is 24.2 Å². The average Bonchev–Trinajstić information content (AvgIpc) is 2.74. The Morgan fingerprint density at radius 2 is 1.78 bits per heavy atom. The summed E-state index contributed by atoms with van der Waals surface area (Å²) >= 11 is 6.00. The molecule has 0 aromatic heterocycles. The summed E-state index contributed by atoms with van der Waals surface area (Å²) < 4.78 is 12.0. The topological polar surface area (TPSA) is 46.1 Å². The Morgan fingerprint density at radius 3 is 2.41 bits per heavy atom. The Labute approximate surface area is 197 Å². The summed E-state index contributed by atoms with van der Waals surface area (Å²) in [5.41, 5.74) is 4.22. The van der Waals surface area contributed by atoms with Crippen LogP contribution in [-0.4, -0.2) is 45.2 Å². The van der Waals surface area contributed by atoms with Crippen molar-refractivity contribution in [2.24, 2.45) is 4.99 Å². The van der Waals surface area contributed by atoms with Crippen LogP contribution in [0.4, 0.5) is 0 Å². The summed E-state index contributed by atoms with van der Waals surface area (Å²) in [5.74, 6) is 2.16. The van der Waals surface area contributed by atoms with Gasteiger partial charge in [0.25, 0.3) is 0 Å². The van der Waals surface area contributed by atoms with Crippen molar-refractivity contribution in [2.75, 3.05) is 34.4 Å². The van der Waals surface area contributed by atoms with Crippen LogP contribution in [0.25, 0.3) is 6.08 Å². The number of hydrogen-bond donors (Lipinski definition) is 1. The molecule has 0 fully saturated rings. The molecular formula is C26H34ClN3O2. The van der Waals surface area contributed by atoms with Crippen molar-refractivity contribution in [2.45, 2.75) is 27.3 Å². The molecule has 0 atom stereocenters. The van der Waals surface area contributed by atoms with Crippen molar-refractivity contribution in [3.8, 4) is 5.75 Å². The summed E-state index contributed by atoms with van der Waals surface area (Å²) in [5, 5.41) is 3.84. The van der Waals surface area contributed by atoms with Gasteiger partial charge in [0.1, 0.15) is 24.8 Å². The smallest absolute Gasteiger partial charge is 0.218 e. The molecule has 2 aromatic rings. The Hall–Kier alpha value is -2.76. The molecule has 5 nitrogen and oxygen atoms in total. The van der Waals surface area contributed by atoms with E-state index < -0.39 is 0 Å². The second-order valence-electron chi connectivity index (χ2n) is 7.98. The van der Waals surface area contributed by atoms with Crippen LogP contribution in [0.3, 0.4) is 0 Å². The first kappa shape index (κ1) is 25.5. The maximum atomic E-state index is 6.05. The SMILES string of the molecule is CNC(/N=C(OCCOc1cccc(CN(C)C)c1)\C(C)=C/c1ccc(Cl)cc1)=C(C)C. The Morgan fingerprint density at radius 1 is 1.06 bits per heavy atom. The number of halogens is 1. The third-order valence-electron chi connectivity index (χ3n) is 4.50. The molecule has 0 saturated heterocycles. The molecule has 0 aliphatic carbocycles. The maximum Gasteiger partial charge on any atom is 0.218 e.